The zero-order valence-corrected chi connectivity index (χ0v) is 14.4. The summed E-state index contributed by atoms with van der Waals surface area (Å²) in [4.78, 5) is 16.0. The number of hydrogen-bond donors (Lipinski definition) is 2. The molecule has 0 saturated heterocycles. The van der Waals surface area contributed by atoms with Crippen LogP contribution < -0.4 is 11.1 Å². The van der Waals surface area contributed by atoms with Crippen LogP contribution in [0.4, 0.5) is 10.8 Å². The Morgan fingerprint density at radius 1 is 1.60 bits per heavy atom. The summed E-state index contributed by atoms with van der Waals surface area (Å²) in [5.74, 6) is 0.167. The molecule has 0 fully saturated rings. The molecule has 1 amide bonds. The number of amides is 1. The van der Waals surface area contributed by atoms with E-state index < -0.39 is 0 Å². The van der Waals surface area contributed by atoms with E-state index in [0.29, 0.717) is 15.8 Å². The second-order valence-corrected chi connectivity index (χ2v) is 7.48. The maximum atomic E-state index is 11.9. The van der Waals surface area contributed by atoms with Gasteiger partial charge < -0.3 is 11.1 Å². The maximum absolute atomic E-state index is 11.9. The van der Waals surface area contributed by atoms with Crippen molar-refractivity contribution in [3.63, 3.8) is 0 Å². The Hall–Kier alpha value is -0.760. The predicted molar refractivity (Wildman–Crippen MR) is 89.8 cm³/mol. The number of benzene rings is 1. The number of thioether (sulfide) groups is 1. The zero-order valence-electron chi connectivity index (χ0n) is 10.4. The summed E-state index contributed by atoms with van der Waals surface area (Å²) >= 11 is 12.2. The fraction of sp³-hybridized carbons (Fsp3) is 0.167. The summed E-state index contributed by atoms with van der Waals surface area (Å²) < 4.78 is 1.82. The minimum absolute atomic E-state index is 0.120. The number of aryl methyl sites for hydroxylation is 1. The van der Waals surface area contributed by atoms with E-state index in [0.717, 1.165) is 14.4 Å². The second kappa shape index (κ2) is 6.80. The number of thiazole rings is 1. The highest BCUT2D eigenvalue weighted by Crippen LogP contribution is 2.31. The Labute approximate surface area is 138 Å². The number of rotatable bonds is 4. The Bertz CT molecular complexity index is 648. The van der Waals surface area contributed by atoms with E-state index >= 15 is 0 Å². The van der Waals surface area contributed by atoms with Gasteiger partial charge in [-0.3, -0.25) is 4.79 Å². The molecule has 8 heteroatoms. The molecule has 1 aromatic carbocycles. The molecule has 106 valence electrons. The van der Waals surface area contributed by atoms with Gasteiger partial charge in [0.05, 0.1) is 26.4 Å². The van der Waals surface area contributed by atoms with Crippen LogP contribution in [0.2, 0.25) is 5.02 Å². The molecule has 0 bridgehead atoms. The monoisotopic (exact) mass is 391 g/mol. The third-order valence-electron chi connectivity index (χ3n) is 2.31. The Morgan fingerprint density at radius 2 is 2.35 bits per heavy atom. The van der Waals surface area contributed by atoms with E-state index in [1.165, 1.54) is 23.1 Å². The van der Waals surface area contributed by atoms with Crippen molar-refractivity contribution in [1.82, 2.24) is 4.98 Å². The lowest BCUT2D eigenvalue weighted by Crippen LogP contribution is -2.14. The molecule has 0 aliphatic heterocycles. The second-order valence-electron chi connectivity index (χ2n) is 3.89. The van der Waals surface area contributed by atoms with Crippen LogP contribution in [0, 0.1) is 6.92 Å². The van der Waals surface area contributed by atoms with Crippen molar-refractivity contribution >= 4 is 67.4 Å². The van der Waals surface area contributed by atoms with Gasteiger partial charge in [-0.15, -0.1) is 11.8 Å². The number of nitrogens with one attached hydrogen (secondary N) is 1. The summed E-state index contributed by atoms with van der Waals surface area (Å²) in [5.41, 5.74) is 7.07. The van der Waals surface area contributed by atoms with Gasteiger partial charge in [-0.1, -0.05) is 38.9 Å². The first-order valence-electron chi connectivity index (χ1n) is 5.56. The highest BCUT2D eigenvalue weighted by molar-refractivity contribution is 9.10. The predicted octanol–water partition coefficient (Wildman–Crippen LogP) is 4.18. The van der Waals surface area contributed by atoms with Crippen LogP contribution in [-0.4, -0.2) is 16.6 Å². The van der Waals surface area contributed by atoms with Crippen molar-refractivity contribution in [3.8, 4) is 0 Å². The minimum Gasteiger partial charge on any atom is -0.375 e. The van der Waals surface area contributed by atoms with Crippen LogP contribution in [0.5, 0.6) is 0 Å². The summed E-state index contributed by atoms with van der Waals surface area (Å²) in [5, 5.41) is 3.79. The van der Waals surface area contributed by atoms with E-state index in [1.54, 1.807) is 12.1 Å². The molecule has 1 aromatic heterocycles. The molecule has 0 aliphatic carbocycles. The molecule has 0 unspecified atom stereocenters. The van der Waals surface area contributed by atoms with Gasteiger partial charge in [-0.05, 0) is 25.1 Å². The van der Waals surface area contributed by atoms with Gasteiger partial charge in [0.2, 0.25) is 5.91 Å². The van der Waals surface area contributed by atoms with Crippen LogP contribution in [0.15, 0.2) is 26.9 Å². The fourth-order valence-electron chi connectivity index (χ4n) is 1.44. The Morgan fingerprint density at radius 3 is 2.95 bits per heavy atom. The summed E-state index contributed by atoms with van der Waals surface area (Å²) in [7, 11) is 0. The largest absolute Gasteiger partial charge is 0.375 e. The van der Waals surface area contributed by atoms with E-state index in [9.17, 15) is 4.79 Å². The van der Waals surface area contributed by atoms with Crippen molar-refractivity contribution in [2.75, 3.05) is 16.8 Å². The number of hydrogen-bond acceptors (Lipinski definition) is 5. The molecule has 3 N–H and O–H groups in total. The van der Waals surface area contributed by atoms with Crippen molar-refractivity contribution in [2.45, 2.75) is 11.1 Å². The topological polar surface area (TPSA) is 68.0 Å². The molecule has 0 aliphatic rings. The molecule has 0 spiro atoms. The van der Waals surface area contributed by atoms with Crippen LogP contribution in [0.3, 0.4) is 0 Å². The van der Waals surface area contributed by atoms with Gasteiger partial charge in [-0.25, -0.2) is 4.98 Å². The number of anilines is 2. The van der Waals surface area contributed by atoms with Gasteiger partial charge in [0, 0.05) is 4.47 Å². The van der Waals surface area contributed by atoms with E-state index in [2.05, 4.69) is 26.2 Å². The van der Waals surface area contributed by atoms with E-state index in [4.69, 9.17) is 17.3 Å². The van der Waals surface area contributed by atoms with Crippen LogP contribution in [0.25, 0.3) is 0 Å². The van der Waals surface area contributed by atoms with E-state index in [-0.39, 0.29) is 11.7 Å². The number of carbonyl (C=O) groups excluding carboxylic acids is 1. The molecule has 2 aromatic rings. The van der Waals surface area contributed by atoms with Crippen molar-refractivity contribution in [2.24, 2.45) is 0 Å². The molecular weight excluding hydrogens is 382 g/mol. The third-order valence-corrected chi connectivity index (χ3v) is 5.47. The Balaban J connectivity index is 1.94. The molecule has 1 heterocycles. The average Bonchev–Trinajstić information content (AvgIpc) is 2.69. The molecule has 2 rings (SSSR count). The smallest absolute Gasteiger partial charge is 0.234 e. The van der Waals surface area contributed by atoms with Crippen molar-refractivity contribution in [3.05, 3.63) is 33.4 Å². The third kappa shape index (κ3) is 4.12. The first kappa shape index (κ1) is 15.6. The van der Waals surface area contributed by atoms with Gasteiger partial charge in [0.15, 0.2) is 5.13 Å². The SMILES string of the molecule is Cc1nc(N)sc1SCC(=O)Nc1ccc(Br)cc1Cl. The number of nitrogens with two attached hydrogens (primary N) is 1. The number of halogens is 2. The molecular formula is C12H11BrClN3OS2. The van der Waals surface area contributed by atoms with Crippen LogP contribution in [-0.2, 0) is 4.79 Å². The van der Waals surface area contributed by atoms with Gasteiger partial charge in [0.1, 0.15) is 0 Å². The normalized spacial score (nSPS) is 10.6. The lowest BCUT2D eigenvalue weighted by molar-refractivity contribution is -0.113. The standard InChI is InChI=1S/C12H11BrClN3OS2/c1-6-11(20-12(15)16-6)19-5-10(18)17-9-3-2-7(13)4-8(9)14/h2-4H,5H2,1H3,(H2,15,16)(H,17,18). The van der Waals surface area contributed by atoms with Crippen LogP contribution in [0.1, 0.15) is 5.69 Å². The quantitative estimate of drug-likeness (QED) is 0.766. The van der Waals surface area contributed by atoms with Gasteiger partial charge in [-0.2, -0.15) is 0 Å². The number of carbonyl (C=O) groups is 1. The zero-order chi connectivity index (χ0) is 14.7. The van der Waals surface area contributed by atoms with E-state index in [1.807, 2.05) is 13.0 Å². The molecule has 0 saturated carbocycles. The molecule has 4 nitrogen and oxygen atoms in total. The maximum Gasteiger partial charge on any atom is 0.234 e. The first-order valence-corrected chi connectivity index (χ1v) is 8.53. The van der Waals surface area contributed by atoms with Crippen molar-refractivity contribution < 1.29 is 4.79 Å². The lowest BCUT2D eigenvalue weighted by Gasteiger charge is -2.07. The van der Waals surface area contributed by atoms with Crippen molar-refractivity contribution in [1.29, 1.82) is 0 Å². The Kier molecular flexibility index (Phi) is 5.31. The summed E-state index contributed by atoms with van der Waals surface area (Å²) in [6.45, 7) is 1.87. The lowest BCUT2D eigenvalue weighted by atomic mass is 10.3. The summed E-state index contributed by atoms with van der Waals surface area (Å²) in [6.07, 6.45) is 0. The molecule has 0 radical (unpaired) electrons. The average molecular weight is 393 g/mol. The molecule has 20 heavy (non-hydrogen) atoms. The van der Waals surface area contributed by atoms with Gasteiger partial charge in [0.25, 0.3) is 0 Å². The van der Waals surface area contributed by atoms with Gasteiger partial charge >= 0.3 is 0 Å². The number of nitrogen functional groups attached to an aromatic ring is 1. The first-order chi connectivity index (χ1) is 9.45. The molecule has 0 atom stereocenters. The highest BCUT2D eigenvalue weighted by atomic mass is 79.9. The number of nitrogens with zero attached hydrogens (tertiary/aromatic N) is 1. The summed E-state index contributed by atoms with van der Waals surface area (Å²) in [6, 6.07) is 5.31. The minimum atomic E-state index is -0.120. The van der Waals surface area contributed by atoms with Crippen LogP contribution >= 0.6 is 50.6 Å². The highest BCUT2D eigenvalue weighted by Gasteiger charge is 2.10. The fourth-order valence-corrected chi connectivity index (χ4v) is 3.99. The number of aromatic nitrogens is 1.